The van der Waals surface area contributed by atoms with E-state index < -0.39 is 31.5 Å². The van der Waals surface area contributed by atoms with E-state index in [1.807, 2.05) is 123 Å². The monoisotopic (exact) mass is 689 g/mol. The van der Waals surface area contributed by atoms with Crippen molar-refractivity contribution in [3.63, 3.8) is 0 Å². The van der Waals surface area contributed by atoms with Crippen molar-refractivity contribution >= 4 is 43.6 Å². The first-order chi connectivity index (χ1) is 24.1. The molecule has 3 aliphatic rings. The topological polar surface area (TPSA) is 111 Å². The summed E-state index contributed by atoms with van der Waals surface area (Å²) in [5.41, 5.74) is 4.07. The lowest BCUT2D eigenvalue weighted by Crippen LogP contribution is -2.48. The lowest BCUT2D eigenvalue weighted by atomic mass is 9.82. The molecule has 9 nitrogen and oxygen atoms in total. The van der Waals surface area contributed by atoms with Crippen LogP contribution in [0.2, 0.25) is 18.6 Å². The van der Waals surface area contributed by atoms with Gasteiger partial charge in [-0.15, -0.1) is 0 Å². The van der Waals surface area contributed by atoms with Crippen molar-refractivity contribution in [2.24, 2.45) is 5.92 Å². The number of hydrogen-bond donors (Lipinski definition) is 2. The van der Waals surface area contributed by atoms with Crippen molar-refractivity contribution in [1.82, 2.24) is 4.90 Å². The van der Waals surface area contributed by atoms with Gasteiger partial charge in [-0.3, -0.25) is 19.3 Å². The van der Waals surface area contributed by atoms with E-state index in [0.29, 0.717) is 18.7 Å². The van der Waals surface area contributed by atoms with E-state index >= 15 is 0 Å². The molecule has 0 bridgehead atoms. The second-order valence-corrected chi connectivity index (χ2v) is 18.3. The van der Waals surface area contributed by atoms with Crippen LogP contribution in [-0.2, 0) is 44.2 Å². The molecule has 3 amide bonds. The number of hydrogen-bond acceptors (Lipinski definition) is 6. The van der Waals surface area contributed by atoms with Crippen LogP contribution in [0, 0.1) is 5.92 Å². The Morgan fingerprint density at radius 3 is 2.36 bits per heavy atom. The van der Waals surface area contributed by atoms with Gasteiger partial charge in [0.05, 0.1) is 37.4 Å². The first-order valence-electron chi connectivity index (χ1n) is 17.2. The zero-order chi connectivity index (χ0) is 35.2. The van der Waals surface area contributed by atoms with Crippen LogP contribution in [0.15, 0.2) is 103 Å². The second kappa shape index (κ2) is 13.3. The number of amides is 3. The number of aliphatic hydroxyl groups excluding tert-OH is 1. The minimum atomic E-state index is -3.00. The number of ether oxygens (including phenoxy) is 1. The molecular weight excluding hydrogens is 647 g/mol. The number of anilines is 3. The van der Waals surface area contributed by atoms with Gasteiger partial charge in [-0.25, -0.2) is 0 Å². The molecule has 50 heavy (non-hydrogen) atoms. The maximum absolute atomic E-state index is 14.9. The Kier molecular flexibility index (Phi) is 8.98. The highest BCUT2D eigenvalue weighted by atomic mass is 28.4. The Balaban J connectivity index is 1.20. The van der Waals surface area contributed by atoms with Crippen molar-refractivity contribution in [2.75, 3.05) is 16.4 Å². The van der Waals surface area contributed by atoms with Crippen molar-refractivity contribution in [1.29, 1.82) is 0 Å². The number of rotatable bonds is 9. The third-order valence-electron chi connectivity index (χ3n) is 10.8. The van der Waals surface area contributed by atoms with Crippen LogP contribution >= 0.6 is 0 Å². The highest BCUT2D eigenvalue weighted by Gasteiger charge is 2.66. The molecule has 1 spiro atoms. The molecule has 3 heterocycles. The Labute approximate surface area is 293 Å². The molecule has 258 valence electrons. The third kappa shape index (κ3) is 5.75. The van der Waals surface area contributed by atoms with Crippen LogP contribution in [0.5, 0.6) is 0 Å². The molecule has 10 heteroatoms. The van der Waals surface area contributed by atoms with Gasteiger partial charge in [-0.05, 0) is 66.5 Å². The molecule has 2 N–H and O–H groups in total. The van der Waals surface area contributed by atoms with Gasteiger partial charge in [-0.1, -0.05) is 79.7 Å². The fourth-order valence-corrected chi connectivity index (χ4v) is 11.1. The number of para-hydroxylation sites is 2. The summed E-state index contributed by atoms with van der Waals surface area (Å²) in [6, 6.07) is 32.2. The van der Waals surface area contributed by atoms with Crippen LogP contribution in [-0.4, -0.2) is 60.1 Å². The van der Waals surface area contributed by atoms with Gasteiger partial charge < -0.3 is 24.4 Å². The summed E-state index contributed by atoms with van der Waals surface area (Å²) >= 11 is 0. The van der Waals surface area contributed by atoms with Gasteiger partial charge >= 0.3 is 0 Å². The van der Waals surface area contributed by atoms with Crippen LogP contribution < -0.4 is 9.80 Å². The highest BCUT2D eigenvalue weighted by molar-refractivity contribution is 6.71. The van der Waals surface area contributed by atoms with E-state index in [4.69, 9.17) is 4.74 Å². The van der Waals surface area contributed by atoms with E-state index in [-0.39, 0.29) is 37.4 Å². The Hall–Kier alpha value is -4.61. The minimum absolute atomic E-state index is 0.00901. The predicted molar refractivity (Wildman–Crippen MR) is 194 cm³/mol. The Bertz CT molecular complexity index is 1910. The summed E-state index contributed by atoms with van der Waals surface area (Å²) in [4.78, 5) is 57.9. The summed E-state index contributed by atoms with van der Waals surface area (Å²) in [5, 5.41) is 10.3. The Morgan fingerprint density at radius 2 is 1.64 bits per heavy atom. The molecule has 4 aromatic carbocycles. The molecule has 1 fully saturated rings. The molecular formula is C40H43N3O6Si. The first-order valence-corrected chi connectivity index (χ1v) is 20.3. The van der Waals surface area contributed by atoms with Crippen molar-refractivity contribution in [3.8, 4) is 0 Å². The molecule has 4 aromatic rings. The second-order valence-electron chi connectivity index (χ2n) is 14.3. The Morgan fingerprint density at radius 1 is 0.960 bits per heavy atom. The van der Waals surface area contributed by atoms with Crippen molar-refractivity contribution in [2.45, 2.75) is 69.2 Å². The van der Waals surface area contributed by atoms with Gasteiger partial charge in [-0.2, -0.15) is 0 Å². The smallest absolute Gasteiger partial charge is 0.264 e. The van der Waals surface area contributed by atoms with Crippen LogP contribution in [0.3, 0.4) is 0 Å². The molecule has 0 radical (unpaired) electrons. The number of carbonyl (C=O) groups excluding carboxylic acids is 3. The zero-order valence-electron chi connectivity index (χ0n) is 28.6. The average molecular weight is 690 g/mol. The van der Waals surface area contributed by atoms with Crippen LogP contribution in [0.25, 0.3) is 0 Å². The van der Waals surface area contributed by atoms with E-state index in [0.717, 1.165) is 40.0 Å². The maximum atomic E-state index is 14.9. The van der Waals surface area contributed by atoms with E-state index in [1.165, 1.54) is 0 Å². The zero-order valence-corrected chi connectivity index (χ0v) is 29.6. The normalized spacial score (nSPS) is 24.3. The van der Waals surface area contributed by atoms with Crippen molar-refractivity contribution in [3.05, 3.63) is 125 Å². The molecule has 0 aromatic heterocycles. The summed E-state index contributed by atoms with van der Waals surface area (Å²) in [6.45, 7) is 6.13. The highest BCUT2D eigenvalue weighted by Crippen LogP contribution is 2.59. The third-order valence-corrected chi connectivity index (χ3v) is 13.3. The van der Waals surface area contributed by atoms with Gasteiger partial charge in [0.2, 0.25) is 12.3 Å². The molecule has 1 saturated heterocycles. The van der Waals surface area contributed by atoms with Crippen LogP contribution in [0.1, 0.15) is 35.6 Å². The van der Waals surface area contributed by atoms with Gasteiger partial charge in [0, 0.05) is 34.9 Å². The lowest BCUT2D eigenvalue weighted by Gasteiger charge is -2.37. The summed E-state index contributed by atoms with van der Waals surface area (Å²) < 4.78 is 6.92. The fraction of sp³-hybridized carbons (Fsp3) is 0.325. The summed E-state index contributed by atoms with van der Waals surface area (Å²) in [7, 11) is -3.00. The molecule has 0 aliphatic carbocycles. The largest absolute Gasteiger partial charge is 0.432 e. The van der Waals surface area contributed by atoms with Gasteiger partial charge in [0.25, 0.3) is 5.91 Å². The molecule has 7 rings (SSSR count). The number of aliphatic hydroxyl groups is 1. The standard InChI is InChI=1S/C40H43N3O6Si/c1-27-38(50(2,3)48)36(22-37(46)41-24-30-14-8-7-13-29(30)21-33(41)25-44)49-40(27)34-18-9-10-19-35(34)42(39(40)47)23-28-12-11-17-32(20-28)43(26-45)31-15-5-4-6-16-31/h4-20,26-27,33,36,38,44,48H,21-25H2,1-3H3/t27-,33+,36+,38-,40+/m1/s1. The number of fused-ring (bicyclic) bond motifs is 3. The lowest BCUT2D eigenvalue weighted by molar-refractivity contribution is -0.151. The predicted octanol–water partition coefficient (Wildman–Crippen LogP) is 5.66. The minimum Gasteiger partial charge on any atom is -0.432 e. The average Bonchev–Trinajstić information content (AvgIpc) is 3.54. The number of carbonyl (C=O) groups is 3. The van der Waals surface area contributed by atoms with E-state index in [9.17, 15) is 24.3 Å². The summed E-state index contributed by atoms with van der Waals surface area (Å²) in [6.07, 6.45) is 0.631. The molecule has 0 unspecified atom stereocenters. The maximum Gasteiger partial charge on any atom is 0.264 e. The van der Waals surface area contributed by atoms with Gasteiger partial charge in [0.15, 0.2) is 13.9 Å². The quantitative estimate of drug-likeness (QED) is 0.173. The first kappa shape index (κ1) is 33.9. The number of nitrogens with zero attached hydrogens (tertiary/aromatic N) is 3. The fourth-order valence-electron chi connectivity index (χ4n) is 8.57. The van der Waals surface area contributed by atoms with Gasteiger partial charge in [0.1, 0.15) is 0 Å². The molecule has 3 aliphatic heterocycles. The summed E-state index contributed by atoms with van der Waals surface area (Å²) in [5.74, 6) is -0.817. The molecule has 5 atom stereocenters. The number of benzene rings is 4. The SMILES string of the molecule is C[C@@H]1[C@@H]([Si](C)(C)O)[C@H](CC(=O)N2Cc3ccccc3C[C@H]2CO)O[C@@]12C(=O)N(Cc1cccc(N(C=O)c3ccccc3)c1)c1ccccc12. The van der Waals surface area contributed by atoms with E-state index in [2.05, 4.69) is 0 Å². The van der Waals surface area contributed by atoms with Crippen molar-refractivity contribution < 1.29 is 29.0 Å². The molecule has 0 saturated carbocycles. The van der Waals surface area contributed by atoms with E-state index in [1.54, 1.807) is 14.7 Å². The van der Waals surface area contributed by atoms with Crippen LogP contribution in [0.4, 0.5) is 17.1 Å².